The molecule has 2 aromatic rings. The Morgan fingerprint density at radius 1 is 1.33 bits per heavy atom. The third-order valence-corrected chi connectivity index (χ3v) is 2.40. The number of rotatable bonds is 3. The lowest BCUT2D eigenvalue weighted by molar-refractivity contribution is 0.231. The van der Waals surface area contributed by atoms with Crippen LogP contribution in [0.5, 0.6) is 17.2 Å². The average molecular weight is 250 g/mol. The van der Waals surface area contributed by atoms with E-state index in [9.17, 15) is 9.90 Å². The first-order valence-electron chi connectivity index (χ1n) is 5.54. The van der Waals surface area contributed by atoms with E-state index in [-0.39, 0.29) is 17.4 Å². The topological polar surface area (TPSA) is 68.9 Å². The molecule has 0 saturated carbocycles. The van der Waals surface area contributed by atoms with Gasteiger partial charge in [0.1, 0.15) is 0 Å². The van der Waals surface area contributed by atoms with Gasteiger partial charge in [-0.1, -0.05) is 6.07 Å². The maximum atomic E-state index is 11.6. The smallest absolute Gasteiger partial charge is 0.382 e. The van der Waals surface area contributed by atoms with E-state index in [1.165, 1.54) is 7.11 Å². The van der Waals surface area contributed by atoms with Crippen molar-refractivity contribution in [3.63, 3.8) is 0 Å². The van der Waals surface area contributed by atoms with Crippen molar-refractivity contribution in [2.24, 2.45) is 0 Å². The van der Waals surface area contributed by atoms with Crippen molar-refractivity contribution in [3.05, 3.63) is 28.6 Å². The molecule has 1 aromatic carbocycles. The summed E-state index contributed by atoms with van der Waals surface area (Å²) in [6.45, 7) is 3.61. The summed E-state index contributed by atoms with van der Waals surface area (Å²) >= 11 is 0. The van der Waals surface area contributed by atoms with E-state index < -0.39 is 11.4 Å². The molecular weight excluding hydrogens is 236 g/mol. The molecule has 5 heteroatoms. The molecule has 0 fully saturated rings. The van der Waals surface area contributed by atoms with Crippen LogP contribution in [0.25, 0.3) is 11.0 Å². The molecule has 2 rings (SSSR count). The molecule has 0 aliphatic rings. The van der Waals surface area contributed by atoms with Gasteiger partial charge in [-0.3, -0.25) is 0 Å². The van der Waals surface area contributed by atoms with Crippen LogP contribution in [-0.2, 0) is 0 Å². The van der Waals surface area contributed by atoms with Crippen molar-refractivity contribution in [1.82, 2.24) is 0 Å². The van der Waals surface area contributed by atoms with E-state index in [0.29, 0.717) is 11.1 Å². The molecule has 0 saturated heterocycles. The molecule has 96 valence electrons. The maximum Gasteiger partial charge on any atom is 0.382 e. The van der Waals surface area contributed by atoms with Crippen molar-refractivity contribution in [1.29, 1.82) is 0 Å². The number of benzene rings is 1. The predicted molar refractivity (Wildman–Crippen MR) is 66.5 cm³/mol. The first-order valence-corrected chi connectivity index (χ1v) is 5.54. The SMILES string of the molecule is COc1cccc2c(OC(C)C)c(O)c(=O)oc12. The molecule has 5 nitrogen and oxygen atoms in total. The molecule has 0 radical (unpaired) electrons. The second-order valence-electron chi connectivity index (χ2n) is 4.07. The van der Waals surface area contributed by atoms with Gasteiger partial charge in [-0.2, -0.15) is 0 Å². The quantitative estimate of drug-likeness (QED) is 0.846. The normalized spacial score (nSPS) is 10.9. The Hall–Kier alpha value is -2.17. The van der Waals surface area contributed by atoms with E-state index >= 15 is 0 Å². The van der Waals surface area contributed by atoms with E-state index in [0.717, 1.165) is 0 Å². The Morgan fingerprint density at radius 3 is 2.67 bits per heavy atom. The van der Waals surface area contributed by atoms with Gasteiger partial charge >= 0.3 is 5.63 Å². The van der Waals surface area contributed by atoms with Gasteiger partial charge in [0, 0.05) is 0 Å². The molecule has 0 spiro atoms. The molecule has 0 amide bonds. The summed E-state index contributed by atoms with van der Waals surface area (Å²) in [4.78, 5) is 11.6. The van der Waals surface area contributed by atoms with Gasteiger partial charge in [0.15, 0.2) is 17.1 Å². The summed E-state index contributed by atoms with van der Waals surface area (Å²) in [5.74, 6) is 0.0119. The number of para-hydroxylation sites is 1. The van der Waals surface area contributed by atoms with Crippen molar-refractivity contribution in [2.75, 3.05) is 7.11 Å². The molecule has 1 heterocycles. The Kier molecular flexibility index (Phi) is 3.14. The highest BCUT2D eigenvalue weighted by molar-refractivity contribution is 5.89. The minimum Gasteiger partial charge on any atom is -0.499 e. The summed E-state index contributed by atoms with van der Waals surface area (Å²) in [6.07, 6.45) is -0.174. The maximum absolute atomic E-state index is 11.6. The van der Waals surface area contributed by atoms with Crippen LogP contribution in [-0.4, -0.2) is 18.3 Å². The summed E-state index contributed by atoms with van der Waals surface area (Å²) in [5.41, 5.74) is -0.582. The van der Waals surface area contributed by atoms with Crippen LogP contribution in [0.3, 0.4) is 0 Å². The fourth-order valence-electron chi connectivity index (χ4n) is 1.68. The lowest BCUT2D eigenvalue weighted by Crippen LogP contribution is -2.10. The van der Waals surface area contributed by atoms with Crippen LogP contribution < -0.4 is 15.1 Å². The van der Waals surface area contributed by atoms with Gasteiger partial charge in [-0.15, -0.1) is 0 Å². The Morgan fingerprint density at radius 2 is 2.06 bits per heavy atom. The van der Waals surface area contributed by atoms with Gasteiger partial charge in [0.05, 0.1) is 18.6 Å². The highest BCUT2D eigenvalue weighted by Gasteiger charge is 2.18. The molecule has 1 aromatic heterocycles. The van der Waals surface area contributed by atoms with Crippen molar-refractivity contribution in [2.45, 2.75) is 20.0 Å². The molecule has 0 atom stereocenters. The Labute approximate surface area is 104 Å². The minimum absolute atomic E-state index is 0.121. The third-order valence-electron chi connectivity index (χ3n) is 2.40. The number of fused-ring (bicyclic) bond motifs is 1. The van der Waals surface area contributed by atoms with E-state index in [1.807, 2.05) is 0 Å². The molecule has 18 heavy (non-hydrogen) atoms. The van der Waals surface area contributed by atoms with Gasteiger partial charge in [-0.25, -0.2) is 4.79 Å². The number of hydrogen-bond acceptors (Lipinski definition) is 5. The number of aromatic hydroxyl groups is 1. The highest BCUT2D eigenvalue weighted by Crippen LogP contribution is 2.36. The summed E-state index contributed by atoms with van der Waals surface area (Å²) < 4.78 is 15.6. The average Bonchev–Trinajstić information content (AvgIpc) is 2.34. The largest absolute Gasteiger partial charge is 0.499 e. The second kappa shape index (κ2) is 4.60. The second-order valence-corrected chi connectivity index (χ2v) is 4.07. The van der Waals surface area contributed by atoms with E-state index in [2.05, 4.69) is 0 Å². The van der Waals surface area contributed by atoms with Crippen molar-refractivity contribution >= 4 is 11.0 Å². The van der Waals surface area contributed by atoms with Crippen LogP contribution >= 0.6 is 0 Å². The van der Waals surface area contributed by atoms with Crippen molar-refractivity contribution < 1.29 is 19.0 Å². The zero-order valence-corrected chi connectivity index (χ0v) is 10.4. The fourth-order valence-corrected chi connectivity index (χ4v) is 1.68. The zero-order chi connectivity index (χ0) is 13.3. The van der Waals surface area contributed by atoms with Crippen LogP contribution in [0.2, 0.25) is 0 Å². The van der Waals surface area contributed by atoms with Crippen LogP contribution in [0.4, 0.5) is 0 Å². The van der Waals surface area contributed by atoms with Crippen molar-refractivity contribution in [3.8, 4) is 17.2 Å². The number of ether oxygens (including phenoxy) is 2. The first-order chi connectivity index (χ1) is 8.54. The van der Waals surface area contributed by atoms with Crippen LogP contribution in [0, 0.1) is 0 Å². The van der Waals surface area contributed by atoms with E-state index in [4.69, 9.17) is 13.9 Å². The lowest BCUT2D eigenvalue weighted by Gasteiger charge is -2.13. The zero-order valence-electron chi connectivity index (χ0n) is 10.4. The minimum atomic E-state index is -0.845. The Bertz CT molecular complexity index is 627. The highest BCUT2D eigenvalue weighted by atomic mass is 16.5. The van der Waals surface area contributed by atoms with Gasteiger partial charge in [0.2, 0.25) is 5.75 Å². The van der Waals surface area contributed by atoms with E-state index in [1.54, 1.807) is 32.0 Å². The third kappa shape index (κ3) is 1.99. The summed E-state index contributed by atoms with van der Waals surface area (Å²) in [5, 5.41) is 10.2. The molecule has 1 N–H and O–H groups in total. The fraction of sp³-hybridized carbons (Fsp3) is 0.308. The monoisotopic (exact) mass is 250 g/mol. The Balaban J connectivity index is 2.81. The standard InChI is InChI=1S/C13H14O5/c1-7(2)17-12-8-5-4-6-9(16-3)11(8)18-13(15)10(12)14/h4-7,14H,1-3H3. The van der Waals surface area contributed by atoms with Crippen LogP contribution in [0.15, 0.2) is 27.4 Å². The first kappa shape index (κ1) is 12.3. The molecular formula is C13H14O5. The number of hydrogen-bond donors (Lipinski definition) is 1. The number of methoxy groups -OCH3 is 1. The molecule has 0 aliphatic heterocycles. The van der Waals surface area contributed by atoms with Crippen LogP contribution in [0.1, 0.15) is 13.8 Å². The van der Waals surface area contributed by atoms with Gasteiger partial charge in [0.25, 0.3) is 0 Å². The predicted octanol–water partition coefficient (Wildman–Crippen LogP) is 2.29. The summed E-state index contributed by atoms with van der Waals surface area (Å²) in [7, 11) is 1.48. The molecule has 0 bridgehead atoms. The lowest BCUT2D eigenvalue weighted by atomic mass is 10.2. The summed E-state index contributed by atoms with van der Waals surface area (Å²) in [6, 6.07) is 5.09. The molecule has 0 aliphatic carbocycles. The van der Waals surface area contributed by atoms with Gasteiger partial charge < -0.3 is 19.0 Å². The van der Waals surface area contributed by atoms with Gasteiger partial charge in [-0.05, 0) is 26.0 Å². The molecule has 0 unspecified atom stereocenters.